The van der Waals surface area contributed by atoms with Crippen molar-refractivity contribution in [3.8, 4) is 5.88 Å². The fourth-order valence-electron chi connectivity index (χ4n) is 4.32. The Bertz CT molecular complexity index is 1250. The van der Waals surface area contributed by atoms with Crippen molar-refractivity contribution in [3.63, 3.8) is 0 Å². The van der Waals surface area contributed by atoms with Crippen molar-refractivity contribution < 1.29 is 27.8 Å². The van der Waals surface area contributed by atoms with Crippen LogP contribution in [0.4, 0.5) is 20.2 Å². The van der Waals surface area contributed by atoms with Crippen molar-refractivity contribution in [2.75, 3.05) is 25.6 Å². The first-order chi connectivity index (χ1) is 17.7. The molecule has 1 aliphatic heterocycles. The van der Waals surface area contributed by atoms with Gasteiger partial charge < -0.3 is 20.1 Å². The third-order valence-electron chi connectivity index (χ3n) is 6.44. The summed E-state index contributed by atoms with van der Waals surface area (Å²) in [6.45, 7) is 1.68. The van der Waals surface area contributed by atoms with Gasteiger partial charge in [0.15, 0.2) is 5.78 Å². The van der Waals surface area contributed by atoms with Gasteiger partial charge in [0.2, 0.25) is 11.8 Å². The van der Waals surface area contributed by atoms with Crippen LogP contribution in [0, 0.1) is 5.41 Å². The zero-order chi connectivity index (χ0) is 26.5. The van der Waals surface area contributed by atoms with Gasteiger partial charge in [-0.05, 0) is 36.2 Å². The van der Waals surface area contributed by atoms with E-state index in [9.17, 15) is 18.4 Å². The van der Waals surface area contributed by atoms with Gasteiger partial charge in [-0.15, -0.1) is 0 Å². The molecule has 0 unspecified atom stereocenters. The second-order valence-corrected chi connectivity index (χ2v) is 9.21. The molecule has 1 fully saturated rings. The van der Waals surface area contributed by atoms with Crippen LogP contribution in [0.25, 0.3) is 0 Å². The molecule has 1 amide bonds. The number of hydrogen-bond donors (Lipinski definition) is 2. The average molecular weight is 510 g/mol. The Morgan fingerprint density at radius 3 is 2.57 bits per heavy atom. The molecule has 1 saturated heterocycles. The topological polar surface area (TPSA) is 89.6 Å². The molecule has 37 heavy (non-hydrogen) atoms. The molecule has 3 aromatic rings. The molecule has 1 atom stereocenters. The first-order valence-corrected chi connectivity index (χ1v) is 11.9. The summed E-state index contributed by atoms with van der Waals surface area (Å²) in [5.41, 5.74) is 1.19. The minimum Gasteiger partial charge on any atom is -0.481 e. The molecule has 1 aromatic heterocycles. The summed E-state index contributed by atoms with van der Waals surface area (Å²) in [4.78, 5) is 30.2. The Labute approximate surface area is 214 Å². The number of nitrogens with zero attached hydrogens (tertiary/aromatic N) is 1. The van der Waals surface area contributed by atoms with Crippen LogP contribution in [0.5, 0.6) is 5.88 Å². The lowest BCUT2D eigenvalue weighted by Gasteiger charge is -2.25. The number of anilines is 2. The third kappa shape index (κ3) is 6.29. The molecular weight excluding hydrogens is 480 g/mol. The van der Waals surface area contributed by atoms with Gasteiger partial charge >= 0.3 is 0 Å². The maximum Gasteiger partial charge on any atom is 0.272 e. The Balaban J connectivity index is 1.39. The number of halogens is 2. The normalized spacial score (nSPS) is 17.3. The molecular formula is C28H29F2N3O4. The van der Waals surface area contributed by atoms with E-state index in [2.05, 4.69) is 15.6 Å². The van der Waals surface area contributed by atoms with E-state index in [-0.39, 0.29) is 36.8 Å². The molecule has 0 radical (unpaired) electrons. The summed E-state index contributed by atoms with van der Waals surface area (Å²) >= 11 is 0. The summed E-state index contributed by atoms with van der Waals surface area (Å²) in [6.07, 6.45) is 1.95. The van der Waals surface area contributed by atoms with Gasteiger partial charge in [-0.2, -0.15) is 0 Å². The predicted molar refractivity (Wildman–Crippen MR) is 135 cm³/mol. The highest BCUT2D eigenvalue weighted by Gasteiger charge is 2.44. The van der Waals surface area contributed by atoms with Gasteiger partial charge in [-0.3, -0.25) is 9.59 Å². The summed E-state index contributed by atoms with van der Waals surface area (Å²) in [5, 5.41) is 5.96. The number of ketones is 1. The minimum atomic E-state index is -2.97. The van der Waals surface area contributed by atoms with E-state index >= 15 is 0 Å². The number of carbonyl (C=O) groups is 2. The van der Waals surface area contributed by atoms with Gasteiger partial charge in [0.1, 0.15) is 0 Å². The molecule has 0 aliphatic carbocycles. The summed E-state index contributed by atoms with van der Waals surface area (Å²) in [5.74, 6) is -3.08. The second kappa shape index (κ2) is 11.0. The van der Waals surface area contributed by atoms with Crippen molar-refractivity contribution >= 4 is 23.1 Å². The van der Waals surface area contributed by atoms with E-state index in [1.54, 1.807) is 42.5 Å². The Morgan fingerprint density at radius 2 is 1.89 bits per heavy atom. The molecule has 4 rings (SSSR count). The van der Waals surface area contributed by atoms with Crippen molar-refractivity contribution in [2.45, 2.75) is 32.2 Å². The summed E-state index contributed by atoms with van der Waals surface area (Å²) in [6, 6.07) is 16.6. The number of pyridine rings is 1. The molecule has 0 spiro atoms. The molecule has 0 saturated carbocycles. The van der Waals surface area contributed by atoms with Crippen LogP contribution in [-0.4, -0.2) is 37.0 Å². The molecule has 9 heteroatoms. The van der Waals surface area contributed by atoms with Crippen LogP contribution < -0.4 is 15.4 Å². The lowest BCUT2D eigenvalue weighted by atomic mass is 9.80. The highest BCUT2D eigenvalue weighted by Crippen LogP contribution is 2.35. The largest absolute Gasteiger partial charge is 0.481 e. The van der Waals surface area contributed by atoms with Gasteiger partial charge in [0.25, 0.3) is 5.92 Å². The standard InChI is InChI=1S/C28H29F2N3O4/c1-27(29,30)22-5-3-4-6-23(22)33-21-9-7-19(8-10-21)17-32-26(35)28(12-14-37-18-28)16-24(34)20-11-13-31-25(15-20)36-2/h3-11,13,15,33H,12,14,16-18H2,1-2H3,(H,32,35)/t28-/m0/s1. The van der Waals surface area contributed by atoms with Gasteiger partial charge in [-0.1, -0.05) is 30.3 Å². The number of carbonyl (C=O) groups excluding carboxylic acids is 2. The molecule has 7 nitrogen and oxygen atoms in total. The number of para-hydroxylation sites is 1. The Hall–Kier alpha value is -3.85. The van der Waals surface area contributed by atoms with Crippen molar-refractivity contribution in [1.82, 2.24) is 10.3 Å². The molecule has 2 aromatic carbocycles. The Kier molecular flexibility index (Phi) is 7.83. The predicted octanol–water partition coefficient (Wildman–Crippen LogP) is 5.24. The summed E-state index contributed by atoms with van der Waals surface area (Å²) in [7, 11) is 1.47. The van der Waals surface area contributed by atoms with Crippen LogP contribution >= 0.6 is 0 Å². The van der Waals surface area contributed by atoms with E-state index in [1.165, 1.54) is 19.4 Å². The first kappa shape index (κ1) is 26.2. The molecule has 1 aliphatic rings. The number of Topliss-reactive ketones (excluding diaryl/α,β-unsaturated/α-hetero) is 1. The lowest BCUT2D eigenvalue weighted by Crippen LogP contribution is -2.42. The van der Waals surface area contributed by atoms with Crippen LogP contribution in [0.15, 0.2) is 66.9 Å². The van der Waals surface area contributed by atoms with Gasteiger partial charge in [0.05, 0.1) is 19.1 Å². The monoisotopic (exact) mass is 509 g/mol. The number of benzene rings is 2. The number of ether oxygens (including phenoxy) is 2. The number of hydrogen-bond acceptors (Lipinski definition) is 6. The highest BCUT2D eigenvalue weighted by molar-refractivity contribution is 6.00. The molecule has 0 bridgehead atoms. The molecule has 2 N–H and O–H groups in total. The van der Waals surface area contributed by atoms with Crippen LogP contribution in [0.2, 0.25) is 0 Å². The van der Waals surface area contributed by atoms with Crippen LogP contribution in [-0.2, 0) is 22.0 Å². The molecule has 194 valence electrons. The van der Waals surface area contributed by atoms with Crippen LogP contribution in [0.1, 0.15) is 41.3 Å². The maximum absolute atomic E-state index is 13.9. The van der Waals surface area contributed by atoms with E-state index < -0.39 is 11.3 Å². The van der Waals surface area contributed by atoms with E-state index in [1.807, 2.05) is 12.1 Å². The number of amides is 1. The minimum absolute atomic E-state index is 0.0102. The zero-order valence-electron chi connectivity index (χ0n) is 20.7. The van der Waals surface area contributed by atoms with Gasteiger partial charge in [-0.25, -0.2) is 13.8 Å². The van der Waals surface area contributed by atoms with Crippen molar-refractivity contribution in [1.29, 1.82) is 0 Å². The van der Waals surface area contributed by atoms with Crippen LogP contribution in [0.3, 0.4) is 0 Å². The number of aromatic nitrogens is 1. The fourth-order valence-corrected chi connectivity index (χ4v) is 4.32. The van der Waals surface area contributed by atoms with E-state index in [0.717, 1.165) is 12.5 Å². The van der Waals surface area contributed by atoms with Crippen molar-refractivity contribution in [2.24, 2.45) is 5.41 Å². The number of methoxy groups -OCH3 is 1. The SMILES string of the molecule is COc1cc(C(=O)C[C@@]2(C(=O)NCc3ccc(Nc4ccccc4C(C)(F)F)cc3)CCOC2)ccn1. The highest BCUT2D eigenvalue weighted by atomic mass is 19.3. The number of rotatable bonds is 10. The van der Waals surface area contributed by atoms with E-state index in [0.29, 0.717) is 35.8 Å². The maximum atomic E-state index is 13.9. The first-order valence-electron chi connectivity index (χ1n) is 11.9. The van der Waals surface area contributed by atoms with E-state index in [4.69, 9.17) is 9.47 Å². The zero-order valence-corrected chi connectivity index (χ0v) is 20.7. The third-order valence-corrected chi connectivity index (χ3v) is 6.44. The fraction of sp³-hybridized carbons (Fsp3) is 0.321. The lowest BCUT2D eigenvalue weighted by molar-refractivity contribution is -0.131. The summed E-state index contributed by atoms with van der Waals surface area (Å²) < 4.78 is 38.4. The van der Waals surface area contributed by atoms with Gasteiger partial charge in [0, 0.05) is 61.3 Å². The Morgan fingerprint density at radius 1 is 1.14 bits per heavy atom. The number of alkyl halides is 2. The number of nitrogens with one attached hydrogen (secondary N) is 2. The van der Waals surface area contributed by atoms with Crippen molar-refractivity contribution in [3.05, 3.63) is 83.6 Å². The quantitative estimate of drug-likeness (QED) is 0.363. The smallest absolute Gasteiger partial charge is 0.272 e. The molecule has 2 heterocycles. The second-order valence-electron chi connectivity index (χ2n) is 9.21. The average Bonchev–Trinajstić information content (AvgIpc) is 3.37.